The second kappa shape index (κ2) is 4.86. The summed E-state index contributed by atoms with van der Waals surface area (Å²) in [6.45, 7) is 0. The minimum Gasteiger partial charge on any atom is -0.370 e. The highest BCUT2D eigenvalue weighted by atomic mass is 79.9. The Balaban J connectivity index is 2.07. The Hall–Kier alpha value is -0.540. The Morgan fingerprint density at radius 3 is 2.83 bits per heavy atom. The van der Waals surface area contributed by atoms with Gasteiger partial charge in [0.05, 0.1) is 5.69 Å². The molecule has 3 unspecified atom stereocenters. The Morgan fingerprint density at radius 1 is 1.22 bits per heavy atom. The summed E-state index contributed by atoms with van der Waals surface area (Å²) in [5.74, 6) is 0.624. The molecule has 0 aromatic heterocycles. The third-order valence-corrected chi connectivity index (χ3v) is 5.36. The Morgan fingerprint density at radius 2 is 2.00 bits per heavy atom. The van der Waals surface area contributed by atoms with Gasteiger partial charge in [-0.3, -0.25) is 0 Å². The molecule has 1 aliphatic carbocycles. The van der Waals surface area contributed by atoms with E-state index in [0.29, 0.717) is 12.0 Å². The zero-order valence-corrected chi connectivity index (χ0v) is 12.5. The van der Waals surface area contributed by atoms with Gasteiger partial charge in [-0.2, -0.15) is 0 Å². The number of rotatable bonds is 0. The standard InChI is InChI=1S/C15H21BrN2/c1-18-13-9-4-2-3-6-10(13)14(17)11-7-5-8-12(16)15(11)18/h5,7-8,10,13-14H,2-4,6,9,17H2,1H3. The number of nitrogens with two attached hydrogens (primary N) is 1. The summed E-state index contributed by atoms with van der Waals surface area (Å²) >= 11 is 3.69. The fourth-order valence-electron chi connectivity index (χ4n) is 3.79. The lowest BCUT2D eigenvalue weighted by Crippen LogP contribution is -2.47. The molecule has 1 saturated carbocycles. The molecular formula is C15H21BrN2. The fourth-order valence-corrected chi connectivity index (χ4v) is 4.45. The lowest BCUT2D eigenvalue weighted by Gasteiger charge is -2.45. The van der Waals surface area contributed by atoms with E-state index in [2.05, 4.69) is 46.1 Å². The van der Waals surface area contributed by atoms with Crippen LogP contribution in [0.4, 0.5) is 5.69 Å². The van der Waals surface area contributed by atoms with Crippen molar-refractivity contribution in [3.8, 4) is 0 Å². The lowest BCUT2D eigenvalue weighted by molar-refractivity contribution is 0.310. The largest absolute Gasteiger partial charge is 0.370 e. The second-order valence-corrected chi connectivity index (χ2v) is 6.54. The summed E-state index contributed by atoms with van der Waals surface area (Å²) in [5.41, 5.74) is 9.18. The SMILES string of the molecule is CN1c2c(Br)cccc2C(N)C2CCCCCC21. The molecule has 0 bridgehead atoms. The van der Waals surface area contributed by atoms with Crippen LogP contribution in [0.5, 0.6) is 0 Å². The molecule has 18 heavy (non-hydrogen) atoms. The molecule has 1 aromatic carbocycles. The molecule has 0 radical (unpaired) electrons. The third kappa shape index (κ3) is 1.88. The number of para-hydroxylation sites is 1. The fraction of sp³-hybridized carbons (Fsp3) is 0.600. The van der Waals surface area contributed by atoms with Crippen molar-refractivity contribution in [2.75, 3.05) is 11.9 Å². The smallest absolute Gasteiger partial charge is 0.0559 e. The second-order valence-electron chi connectivity index (χ2n) is 5.68. The zero-order chi connectivity index (χ0) is 12.7. The van der Waals surface area contributed by atoms with Gasteiger partial charge in [0.15, 0.2) is 0 Å². The lowest BCUT2D eigenvalue weighted by atomic mass is 9.79. The minimum atomic E-state index is 0.205. The molecule has 3 heteroatoms. The molecular weight excluding hydrogens is 288 g/mol. The minimum absolute atomic E-state index is 0.205. The van der Waals surface area contributed by atoms with E-state index in [4.69, 9.17) is 5.73 Å². The van der Waals surface area contributed by atoms with Crippen molar-refractivity contribution in [2.24, 2.45) is 11.7 Å². The van der Waals surface area contributed by atoms with Gasteiger partial charge >= 0.3 is 0 Å². The van der Waals surface area contributed by atoms with Crippen LogP contribution in [0.25, 0.3) is 0 Å². The Kier molecular flexibility index (Phi) is 3.37. The van der Waals surface area contributed by atoms with Crippen molar-refractivity contribution in [1.29, 1.82) is 0 Å². The molecule has 2 aliphatic rings. The number of anilines is 1. The topological polar surface area (TPSA) is 29.3 Å². The first-order chi connectivity index (χ1) is 8.70. The van der Waals surface area contributed by atoms with Crippen LogP contribution in [0.3, 0.4) is 0 Å². The molecule has 2 nitrogen and oxygen atoms in total. The van der Waals surface area contributed by atoms with Crippen LogP contribution in [0.15, 0.2) is 22.7 Å². The van der Waals surface area contributed by atoms with Gasteiger partial charge in [0, 0.05) is 23.6 Å². The van der Waals surface area contributed by atoms with Gasteiger partial charge in [-0.15, -0.1) is 0 Å². The van der Waals surface area contributed by atoms with E-state index >= 15 is 0 Å². The number of halogens is 1. The molecule has 1 fully saturated rings. The van der Waals surface area contributed by atoms with Crippen LogP contribution >= 0.6 is 15.9 Å². The molecule has 98 valence electrons. The Labute approximate surface area is 118 Å². The van der Waals surface area contributed by atoms with Crippen LogP contribution in [0.2, 0.25) is 0 Å². The predicted octanol–water partition coefficient (Wildman–Crippen LogP) is 3.85. The van der Waals surface area contributed by atoms with Gasteiger partial charge in [-0.05, 0) is 46.3 Å². The van der Waals surface area contributed by atoms with E-state index in [1.165, 1.54) is 47.8 Å². The predicted molar refractivity (Wildman–Crippen MR) is 79.8 cm³/mol. The summed E-state index contributed by atoms with van der Waals surface area (Å²) in [5, 5.41) is 0. The molecule has 0 spiro atoms. The normalized spacial score (nSPS) is 31.5. The first-order valence-electron chi connectivity index (χ1n) is 6.97. The van der Waals surface area contributed by atoms with Crippen LogP contribution < -0.4 is 10.6 Å². The van der Waals surface area contributed by atoms with E-state index in [1.54, 1.807) is 0 Å². The molecule has 1 heterocycles. The highest BCUT2D eigenvalue weighted by Gasteiger charge is 2.38. The summed E-state index contributed by atoms with van der Waals surface area (Å²) in [6, 6.07) is 7.25. The van der Waals surface area contributed by atoms with Gasteiger partial charge in [0.1, 0.15) is 0 Å². The van der Waals surface area contributed by atoms with E-state index in [-0.39, 0.29) is 6.04 Å². The average molecular weight is 309 g/mol. The van der Waals surface area contributed by atoms with Crippen LogP contribution in [0, 0.1) is 5.92 Å². The summed E-state index contributed by atoms with van der Waals surface area (Å²) in [6.07, 6.45) is 6.62. The van der Waals surface area contributed by atoms with Gasteiger partial charge in [-0.25, -0.2) is 0 Å². The van der Waals surface area contributed by atoms with Gasteiger partial charge in [0.25, 0.3) is 0 Å². The Bertz CT molecular complexity index is 446. The van der Waals surface area contributed by atoms with E-state index < -0.39 is 0 Å². The van der Waals surface area contributed by atoms with Gasteiger partial charge in [0.2, 0.25) is 0 Å². The maximum Gasteiger partial charge on any atom is 0.0559 e. The molecule has 1 aromatic rings. The third-order valence-electron chi connectivity index (χ3n) is 4.72. The number of nitrogens with zero attached hydrogens (tertiary/aromatic N) is 1. The highest BCUT2D eigenvalue weighted by Crippen LogP contribution is 2.46. The van der Waals surface area contributed by atoms with Crippen molar-refractivity contribution in [3.63, 3.8) is 0 Å². The molecule has 3 rings (SSSR count). The number of benzene rings is 1. The first-order valence-corrected chi connectivity index (χ1v) is 7.76. The van der Waals surface area contributed by atoms with E-state index in [9.17, 15) is 0 Å². The van der Waals surface area contributed by atoms with E-state index in [1.807, 2.05) is 0 Å². The molecule has 2 N–H and O–H groups in total. The van der Waals surface area contributed by atoms with Gasteiger partial charge in [-0.1, -0.05) is 31.4 Å². The monoisotopic (exact) mass is 308 g/mol. The maximum absolute atomic E-state index is 6.55. The highest BCUT2D eigenvalue weighted by molar-refractivity contribution is 9.10. The molecule has 0 saturated heterocycles. The molecule has 3 atom stereocenters. The molecule has 1 aliphatic heterocycles. The van der Waals surface area contributed by atoms with Crippen molar-refractivity contribution >= 4 is 21.6 Å². The van der Waals surface area contributed by atoms with Crippen molar-refractivity contribution in [1.82, 2.24) is 0 Å². The summed E-state index contributed by atoms with van der Waals surface area (Å²) < 4.78 is 1.18. The quantitative estimate of drug-likeness (QED) is 0.789. The zero-order valence-electron chi connectivity index (χ0n) is 10.9. The number of hydrogen-bond donors (Lipinski definition) is 1. The first kappa shape index (κ1) is 12.5. The average Bonchev–Trinajstić information content (AvgIpc) is 2.61. The van der Waals surface area contributed by atoms with E-state index in [0.717, 1.165) is 0 Å². The number of hydrogen-bond acceptors (Lipinski definition) is 2. The van der Waals surface area contributed by atoms with Crippen LogP contribution in [-0.4, -0.2) is 13.1 Å². The summed E-state index contributed by atoms with van der Waals surface area (Å²) in [4.78, 5) is 2.47. The van der Waals surface area contributed by atoms with Crippen molar-refractivity contribution in [3.05, 3.63) is 28.2 Å². The summed E-state index contributed by atoms with van der Waals surface area (Å²) in [7, 11) is 2.23. The van der Waals surface area contributed by atoms with Crippen molar-refractivity contribution < 1.29 is 0 Å². The van der Waals surface area contributed by atoms with Gasteiger partial charge < -0.3 is 10.6 Å². The number of fused-ring (bicyclic) bond motifs is 2. The van der Waals surface area contributed by atoms with Crippen molar-refractivity contribution in [2.45, 2.75) is 44.2 Å². The van der Waals surface area contributed by atoms with Crippen LogP contribution in [-0.2, 0) is 0 Å². The maximum atomic E-state index is 6.55. The van der Waals surface area contributed by atoms with Crippen LogP contribution in [0.1, 0.15) is 43.7 Å². The molecule has 0 amide bonds.